The monoisotopic (exact) mass is 263 g/mol. The van der Waals surface area contributed by atoms with Crippen molar-refractivity contribution < 1.29 is 4.74 Å². The van der Waals surface area contributed by atoms with Gasteiger partial charge in [0, 0.05) is 12.4 Å². The zero-order valence-electron chi connectivity index (χ0n) is 12.2. The Balaban J connectivity index is 2.19. The molecule has 0 aliphatic heterocycles. The molecule has 2 rings (SSSR count). The summed E-state index contributed by atoms with van der Waals surface area (Å²) in [6.07, 6.45) is 9.96. The van der Waals surface area contributed by atoms with E-state index in [4.69, 9.17) is 4.74 Å². The molecule has 1 saturated carbocycles. The van der Waals surface area contributed by atoms with Gasteiger partial charge in [-0.2, -0.15) is 0 Å². The molecule has 0 spiro atoms. The van der Waals surface area contributed by atoms with Crippen LogP contribution in [0.3, 0.4) is 0 Å². The fourth-order valence-electron chi connectivity index (χ4n) is 3.31. The average Bonchev–Trinajstić information content (AvgIpc) is 2.49. The van der Waals surface area contributed by atoms with Crippen LogP contribution in [0.1, 0.15) is 50.8 Å². The molecular formula is C15H25N3O. The van der Waals surface area contributed by atoms with Gasteiger partial charge < -0.3 is 10.1 Å². The summed E-state index contributed by atoms with van der Waals surface area (Å²) in [5.41, 5.74) is 0.953. The van der Waals surface area contributed by atoms with Gasteiger partial charge in [0.25, 0.3) is 0 Å². The minimum Gasteiger partial charge on any atom is -0.480 e. The maximum absolute atomic E-state index is 5.36. The zero-order valence-corrected chi connectivity index (χ0v) is 12.2. The van der Waals surface area contributed by atoms with Crippen LogP contribution in [0.5, 0.6) is 5.88 Å². The van der Waals surface area contributed by atoms with Crippen LogP contribution in [0.25, 0.3) is 0 Å². The van der Waals surface area contributed by atoms with E-state index in [9.17, 15) is 0 Å². The highest BCUT2D eigenvalue weighted by Gasteiger charge is 2.30. The van der Waals surface area contributed by atoms with Gasteiger partial charge in [0.05, 0.1) is 13.2 Å². The van der Waals surface area contributed by atoms with Crippen LogP contribution in [0.2, 0.25) is 0 Å². The minimum atomic E-state index is 0.248. The fourth-order valence-corrected chi connectivity index (χ4v) is 3.31. The minimum absolute atomic E-state index is 0.248. The second-order valence-corrected chi connectivity index (χ2v) is 5.42. The molecule has 0 saturated heterocycles. The summed E-state index contributed by atoms with van der Waals surface area (Å²) < 4.78 is 5.36. The first kappa shape index (κ1) is 14.3. The first-order chi connectivity index (χ1) is 9.30. The van der Waals surface area contributed by atoms with Crippen molar-refractivity contribution in [3.05, 3.63) is 18.1 Å². The lowest BCUT2D eigenvalue weighted by atomic mass is 9.76. The third kappa shape index (κ3) is 3.24. The third-order valence-electron chi connectivity index (χ3n) is 4.36. The predicted molar refractivity (Wildman–Crippen MR) is 76.1 cm³/mol. The molecule has 1 fully saturated rings. The van der Waals surface area contributed by atoms with Gasteiger partial charge in [-0.15, -0.1) is 0 Å². The molecular weight excluding hydrogens is 238 g/mol. The first-order valence-corrected chi connectivity index (χ1v) is 7.32. The van der Waals surface area contributed by atoms with Crippen LogP contribution in [-0.4, -0.2) is 24.1 Å². The van der Waals surface area contributed by atoms with Gasteiger partial charge >= 0.3 is 0 Å². The quantitative estimate of drug-likeness (QED) is 0.887. The number of hydrogen-bond donors (Lipinski definition) is 1. The van der Waals surface area contributed by atoms with Crippen molar-refractivity contribution in [3.8, 4) is 5.88 Å². The molecule has 1 heterocycles. The van der Waals surface area contributed by atoms with Gasteiger partial charge in [0.1, 0.15) is 5.69 Å². The van der Waals surface area contributed by atoms with E-state index in [-0.39, 0.29) is 6.04 Å². The Morgan fingerprint density at radius 3 is 2.84 bits per heavy atom. The Morgan fingerprint density at radius 2 is 2.16 bits per heavy atom. The van der Waals surface area contributed by atoms with E-state index in [1.54, 1.807) is 19.5 Å². The summed E-state index contributed by atoms with van der Waals surface area (Å²) in [5, 5.41) is 3.42. The SMILES string of the molecule is CCC1CCCC(C(NC)c2nccnc2OC)C1. The zero-order chi connectivity index (χ0) is 13.7. The van der Waals surface area contributed by atoms with Crippen LogP contribution in [0.15, 0.2) is 12.4 Å². The summed E-state index contributed by atoms with van der Waals surface area (Å²) in [7, 11) is 3.67. The fraction of sp³-hybridized carbons (Fsp3) is 0.733. The van der Waals surface area contributed by atoms with E-state index < -0.39 is 0 Å². The summed E-state index contributed by atoms with van der Waals surface area (Å²) in [6.45, 7) is 2.30. The number of rotatable bonds is 5. The van der Waals surface area contributed by atoms with E-state index >= 15 is 0 Å². The van der Waals surface area contributed by atoms with E-state index in [1.165, 1.54) is 32.1 Å². The largest absolute Gasteiger partial charge is 0.480 e. The maximum atomic E-state index is 5.36. The van der Waals surface area contributed by atoms with Crippen LogP contribution in [0.4, 0.5) is 0 Å². The van der Waals surface area contributed by atoms with Gasteiger partial charge in [0.15, 0.2) is 0 Å². The van der Waals surface area contributed by atoms with E-state index in [0.29, 0.717) is 11.8 Å². The molecule has 4 heteroatoms. The van der Waals surface area contributed by atoms with E-state index in [0.717, 1.165) is 11.6 Å². The first-order valence-electron chi connectivity index (χ1n) is 7.32. The maximum Gasteiger partial charge on any atom is 0.237 e. The number of nitrogens with zero attached hydrogens (tertiary/aromatic N) is 2. The molecule has 1 N–H and O–H groups in total. The van der Waals surface area contributed by atoms with Crippen molar-refractivity contribution in [2.45, 2.75) is 45.1 Å². The normalized spacial score (nSPS) is 25.0. The lowest BCUT2D eigenvalue weighted by Gasteiger charge is -2.34. The van der Waals surface area contributed by atoms with Crippen LogP contribution in [0, 0.1) is 11.8 Å². The molecule has 1 aromatic rings. The second kappa shape index (κ2) is 6.85. The molecule has 1 aliphatic carbocycles. The Morgan fingerprint density at radius 1 is 1.37 bits per heavy atom. The molecule has 1 aliphatic rings. The van der Waals surface area contributed by atoms with Gasteiger partial charge in [-0.3, -0.25) is 4.98 Å². The lowest BCUT2D eigenvalue weighted by molar-refractivity contribution is 0.208. The summed E-state index contributed by atoms with van der Waals surface area (Å²) >= 11 is 0. The topological polar surface area (TPSA) is 47.0 Å². The highest BCUT2D eigenvalue weighted by atomic mass is 16.5. The number of nitrogens with one attached hydrogen (secondary N) is 1. The molecule has 1 aromatic heterocycles. The predicted octanol–water partition coefficient (Wildman–Crippen LogP) is 2.96. The van der Waals surface area contributed by atoms with Crippen LogP contribution < -0.4 is 10.1 Å². The van der Waals surface area contributed by atoms with Crippen molar-refractivity contribution in [3.63, 3.8) is 0 Å². The van der Waals surface area contributed by atoms with Crippen molar-refractivity contribution in [1.82, 2.24) is 15.3 Å². The van der Waals surface area contributed by atoms with E-state index in [1.807, 2.05) is 7.05 Å². The smallest absolute Gasteiger partial charge is 0.237 e. The van der Waals surface area contributed by atoms with Crippen molar-refractivity contribution >= 4 is 0 Å². The van der Waals surface area contributed by atoms with Crippen molar-refractivity contribution in [1.29, 1.82) is 0 Å². The Hall–Kier alpha value is -1.16. The van der Waals surface area contributed by atoms with Gasteiger partial charge in [0.2, 0.25) is 5.88 Å². The molecule has 106 valence electrons. The average molecular weight is 263 g/mol. The summed E-state index contributed by atoms with van der Waals surface area (Å²) in [5.74, 6) is 2.15. The molecule has 3 atom stereocenters. The highest BCUT2D eigenvalue weighted by Crippen LogP contribution is 2.39. The van der Waals surface area contributed by atoms with Crippen molar-refractivity contribution in [2.24, 2.45) is 11.8 Å². The summed E-state index contributed by atoms with van der Waals surface area (Å²) in [6, 6.07) is 0.248. The molecule has 0 aromatic carbocycles. The Bertz CT molecular complexity index is 397. The molecule has 19 heavy (non-hydrogen) atoms. The molecule has 0 amide bonds. The molecule has 0 bridgehead atoms. The van der Waals surface area contributed by atoms with Gasteiger partial charge in [-0.05, 0) is 31.7 Å². The van der Waals surface area contributed by atoms with Gasteiger partial charge in [-0.1, -0.05) is 26.2 Å². The Kier molecular flexibility index (Phi) is 5.14. The standard InChI is InChI=1S/C15H25N3O/c1-4-11-6-5-7-12(10-11)13(16-2)14-15(19-3)18-9-8-17-14/h8-9,11-13,16H,4-7,10H2,1-3H3. The number of methoxy groups -OCH3 is 1. The van der Waals surface area contributed by atoms with E-state index in [2.05, 4.69) is 22.2 Å². The number of aromatic nitrogens is 2. The lowest BCUT2D eigenvalue weighted by Crippen LogP contribution is -2.30. The highest BCUT2D eigenvalue weighted by molar-refractivity contribution is 5.22. The van der Waals surface area contributed by atoms with Crippen LogP contribution in [-0.2, 0) is 0 Å². The molecule has 4 nitrogen and oxygen atoms in total. The summed E-state index contributed by atoms with van der Waals surface area (Å²) in [4.78, 5) is 8.77. The third-order valence-corrected chi connectivity index (χ3v) is 4.36. The second-order valence-electron chi connectivity index (χ2n) is 5.42. The van der Waals surface area contributed by atoms with Gasteiger partial charge in [-0.25, -0.2) is 4.98 Å². The number of ether oxygens (including phenoxy) is 1. The number of hydrogen-bond acceptors (Lipinski definition) is 4. The molecule has 0 radical (unpaired) electrons. The Labute approximate surface area is 116 Å². The molecule has 3 unspecified atom stereocenters. The van der Waals surface area contributed by atoms with Crippen LogP contribution >= 0.6 is 0 Å². The van der Waals surface area contributed by atoms with Crippen molar-refractivity contribution in [2.75, 3.05) is 14.2 Å².